The third kappa shape index (κ3) is 4.36. The number of aromatic nitrogens is 3. The summed E-state index contributed by atoms with van der Waals surface area (Å²) in [5, 5.41) is 5.81. The summed E-state index contributed by atoms with van der Waals surface area (Å²) in [5.74, 6) is -0.588. The lowest BCUT2D eigenvalue weighted by Gasteiger charge is -2.11. The van der Waals surface area contributed by atoms with Crippen LogP contribution in [0.1, 0.15) is 12.0 Å². The van der Waals surface area contributed by atoms with E-state index in [1.54, 1.807) is 28.9 Å². The van der Waals surface area contributed by atoms with Gasteiger partial charge >= 0.3 is 6.18 Å². The zero-order valence-electron chi connectivity index (χ0n) is 15.7. The van der Waals surface area contributed by atoms with Crippen molar-refractivity contribution in [3.8, 4) is 11.1 Å². The molecule has 11 heteroatoms. The van der Waals surface area contributed by atoms with Crippen molar-refractivity contribution in [2.75, 3.05) is 30.7 Å². The molecule has 0 unspecified atom stereocenters. The number of carbonyl (C=O) groups is 1. The molecule has 4 heterocycles. The first-order valence-corrected chi connectivity index (χ1v) is 9.23. The van der Waals surface area contributed by atoms with Crippen LogP contribution in [0.2, 0.25) is 0 Å². The summed E-state index contributed by atoms with van der Waals surface area (Å²) in [6, 6.07) is 4.21. The fourth-order valence-corrected chi connectivity index (χ4v) is 3.23. The Bertz CT molecular complexity index is 1080. The van der Waals surface area contributed by atoms with Gasteiger partial charge in [0.15, 0.2) is 5.82 Å². The normalized spacial score (nSPS) is 16.8. The number of nitrogen functional groups attached to an aromatic ring is 1. The van der Waals surface area contributed by atoms with Gasteiger partial charge in [-0.2, -0.15) is 13.2 Å². The Hall–Kier alpha value is -3.18. The molecule has 0 saturated carbocycles. The number of ether oxygens (including phenoxy) is 1. The molecule has 0 aromatic carbocycles. The molecule has 4 N–H and O–H groups in total. The van der Waals surface area contributed by atoms with Crippen LogP contribution in [0.4, 0.5) is 24.8 Å². The van der Waals surface area contributed by atoms with Crippen LogP contribution in [0.3, 0.4) is 0 Å². The van der Waals surface area contributed by atoms with Gasteiger partial charge in [0.25, 0.3) is 5.91 Å². The number of nitrogens with one attached hydrogen (secondary N) is 2. The van der Waals surface area contributed by atoms with Gasteiger partial charge in [-0.1, -0.05) is 0 Å². The second kappa shape index (κ2) is 7.92. The molecular formula is C19H19F3N6O2. The molecule has 4 rings (SSSR count). The number of anilines is 2. The van der Waals surface area contributed by atoms with Gasteiger partial charge in [-0.05, 0) is 31.2 Å². The monoisotopic (exact) mass is 420 g/mol. The number of hydrogen-bond acceptors (Lipinski definition) is 6. The zero-order chi connectivity index (χ0) is 21.3. The highest BCUT2D eigenvalue weighted by Crippen LogP contribution is 2.35. The number of fused-ring (bicyclic) bond motifs is 1. The molecule has 1 amide bonds. The molecule has 1 atom stereocenters. The lowest BCUT2D eigenvalue weighted by atomic mass is 10.1. The topological polar surface area (TPSA) is 107 Å². The molecule has 1 saturated heterocycles. The molecule has 0 aliphatic carbocycles. The highest BCUT2D eigenvalue weighted by atomic mass is 19.4. The van der Waals surface area contributed by atoms with E-state index in [0.29, 0.717) is 17.0 Å². The van der Waals surface area contributed by atoms with Gasteiger partial charge < -0.3 is 25.5 Å². The van der Waals surface area contributed by atoms with E-state index in [9.17, 15) is 18.0 Å². The van der Waals surface area contributed by atoms with E-state index in [2.05, 4.69) is 20.6 Å². The maximum atomic E-state index is 13.1. The van der Waals surface area contributed by atoms with Crippen molar-refractivity contribution in [2.24, 2.45) is 0 Å². The number of alkyl halides is 3. The molecule has 0 radical (unpaired) electrons. The molecule has 1 aliphatic heterocycles. The smallest absolute Gasteiger partial charge is 0.383 e. The molecule has 3 aromatic rings. The molecule has 30 heavy (non-hydrogen) atoms. The van der Waals surface area contributed by atoms with Crippen LogP contribution in [0.25, 0.3) is 16.8 Å². The number of pyridine rings is 2. The number of carbonyl (C=O) groups excluding carboxylic acids is 1. The summed E-state index contributed by atoms with van der Waals surface area (Å²) in [7, 11) is 0. The first kappa shape index (κ1) is 20.1. The summed E-state index contributed by atoms with van der Waals surface area (Å²) in [4.78, 5) is 20.0. The van der Waals surface area contributed by atoms with Gasteiger partial charge in [0, 0.05) is 30.1 Å². The van der Waals surface area contributed by atoms with Gasteiger partial charge in [0.1, 0.15) is 18.1 Å². The molecule has 1 fully saturated rings. The number of hydrogen-bond donors (Lipinski definition) is 3. The summed E-state index contributed by atoms with van der Waals surface area (Å²) in [5.41, 5.74) is 5.64. The standard InChI is InChI=1S/C19H19F3N6O2/c20-19(21,22)14-5-12(6-25-18(14)23)11-1-2-16-26-15(9-28(16)8-11)27-17(29)10-30-13-3-4-24-7-13/h1-2,5-6,8-9,13,24H,3-4,7,10H2,(H2,23,25)(H,27,29)/t13-/m1/s1. The van der Waals surface area contributed by atoms with Crippen LogP contribution < -0.4 is 16.4 Å². The summed E-state index contributed by atoms with van der Waals surface area (Å²) < 4.78 is 46.4. The van der Waals surface area contributed by atoms with Crippen molar-refractivity contribution in [3.05, 3.63) is 42.4 Å². The van der Waals surface area contributed by atoms with Crippen LogP contribution in [0.5, 0.6) is 0 Å². The second-order valence-electron chi connectivity index (χ2n) is 6.94. The third-order valence-corrected chi connectivity index (χ3v) is 4.74. The Kier molecular flexibility index (Phi) is 5.31. The van der Waals surface area contributed by atoms with Crippen LogP contribution in [0, 0.1) is 0 Å². The molecular weight excluding hydrogens is 401 g/mol. The highest BCUT2D eigenvalue weighted by Gasteiger charge is 2.34. The predicted molar refractivity (Wildman–Crippen MR) is 104 cm³/mol. The first-order valence-electron chi connectivity index (χ1n) is 9.23. The van der Waals surface area contributed by atoms with E-state index in [0.717, 1.165) is 25.6 Å². The van der Waals surface area contributed by atoms with Crippen molar-refractivity contribution in [1.29, 1.82) is 0 Å². The second-order valence-corrected chi connectivity index (χ2v) is 6.94. The van der Waals surface area contributed by atoms with Crippen molar-refractivity contribution in [2.45, 2.75) is 18.7 Å². The van der Waals surface area contributed by atoms with Crippen LogP contribution in [0.15, 0.2) is 36.8 Å². The van der Waals surface area contributed by atoms with E-state index in [1.807, 2.05) is 0 Å². The number of rotatable bonds is 5. The Morgan fingerprint density at radius 3 is 2.90 bits per heavy atom. The van der Waals surface area contributed by atoms with Crippen molar-refractivity contribution < 1.29 is 22.7 Å². The van der Waals surface area contributed by atoms with Crippen LogP contribution in [-0.2, 0) is 15.7 Å². The van der Waals surface area contributed by atoms with Gasteiger partial charge in [0.05, 0.1) is 17.9 Å². The van der Waals surface area contributed by atoms with Gasteiger partial charge in [0.2, 0.25) is 0 Å². The lowest BCUT2D eigenvalue weighted by molar-refractivity contribution is -0.137. The SMILES string of the molecule is Nc1ncc(-c2ccc3nc(NC(=O)CO[C@@H]4CCNC4)cn3c2)cc1C(F)(F)F. The van der Waals surface area contributed by atoms with Crippen molar-refractivity contribution >= 4 is 23.2 Å². The molecule has 0 bridgehead atoms. The number of halogens is 3. The maximum Gasteiger partial charge on any atom is 0.419 e. The van der Waals surface area contributed by atoms with Crippen LogP contribution >= 0.6 is 0 Å². The van der Waals surface area contributed by atoms with E-state index >= 15 is 0 Å². The molecule has 1 aliphatic rings. The quantitative estimate of drug-likeness (QED) is 0.585. The van der Waals surface area contributed by atoms with Gasteiger partial charge in [-0.15, -0.1) is 0 Å². The molecule has 8 nitrogen and oxygen atoms in total. The minimum atomic E-state index is -4.60. The van der Waals surface area contributed by atoms with Crippen LogP contribution in [-0.4, -0.2) is 46.1 Å². The summed E-state index contributed by atoms with van der Waals surface area (Å²) >= 11 is 0. The fraction of sp³-hybridized carbons (Fsp3) is 0.316. The maximum absolute atomic E-state index is 13.1. The number of nitrogens with zero attached hydrogens (tertiary/aromatic N) is 3. The van der Waals surface area contributed by atoms with E-state index < -0.39 is 17.6 Å². The Labute approximate surface area is 169 Å². The minimum Gasteiger partial charge on any atom is -0.383 e. The zero-order valence-corrected chi connectivity index (χ0v) is 15.7. The van der Waals surface area contributed by atoms with Gasteiger partial charge in [-0.3, -0.25) is 4.79 Å². The predicted octanol–water partition coefficient (Wildman–Crippen LogP) is 2.31. The number of nitrogens with two attached hydrogens (primary N) is 1. The number of amides is 1. The summed E-state index contributed by atoms with van der Waals surface area (Å²) in [6.07, 6.45) is 0.742. The minimum absolute atomic E-state index is 0.0227. The Morgan fingerprint density at radius 2 is 2.17 bits per heavy atom. The number of imidazole rings is 1. The molecule has 3 aromatic heterocycles. The summed E-state index contributed by atoms with van der Waals surface area (Å²) in [6.45, 7) is 1.51. The average molecular weight is 420 g/mol. The average Bonchev–Trinajstić information content (AvgIpc) is 3.34. The Balaban J connectivity index is 1.50. The first-order chi connectivity index (χ1) is 14.3. The molecule has 158 valence electrons. The Morgan fingerprint density at radius 1 is 1.33 bits per heavy atom. The van der Waals surface area contributed by atoms with E-state index in [4.69, 9.17) is 10.5 Å². The molecule has 0 spiro atoms. The van der Waals surface area contributed by atoms with Gasteiger partial charge in [-0.25, -0.2) is 9.97 Å². The van der Waals surface area contributed by atoms with Crippen molar-refractivity contribution in [1.82, 2.24) is 19.7 Å². The largest absolute Gasteiger partial charge is 0.419 e. The van der Waals surface area contributed by atoms with Crippen molar-refractivity contribution in [3.63, 3.8) is 0 Å². The van der Waals surface area contributed by atoms with E-state index in [1.165, 1.54) is 6.20 Å². The van der Waals surface area contributed by atoms with E-state index in [-0.39, 0.29) is 24.2 Å². The lowest BCUT2D eigenvalue weighted by Crippen LogP contribution is -2.24. The fourth-order valence-electron chi connectivity index (χ4n) is 3.23. The highest BCUT2D eigenvalue weighted by molar-refractivity contribution is 5.91. The third-order valence-electron chi connectivity index (χ3n) is 4.74.